The SMILES string of the molecule is Cc1ccc(-c2cc(C(=O)NC(C)C)n(-c3cccc([N+](=O)[O-])c3)n2)cc1C. The summed E-state index contributed by atoms with van der Waals surface area (Å²) in [5.41, 5.74) is 4.51. The van der Waals surface area contributed by atoms with E-state index >= 15 is 0 Å². The summed E-state index contributed by atoms with van der Waals surface area (Å²) in [6, 6.07) is 13.7. The van der Waals surface area contributed by atoms with Crippen molar-refractivity contribution >= 4 is 11.6 Å². The van der Waals surface area contributed by atoms with E-state index < -0.39 is 4.92 Å². The molecule has 3 rings (SSSR count). The number of carbonyl (C=O) groups is 1. The number of benzene rings is 2. The minimum atomic E-state index is -0.467. The monoisotopic (exact) mass is 378 g/mol. The molecule has 2 aromatic carbocycles. The largest absolute Gasteiger partial charge is 0.349 e. The molecule has 1 aromatic heterocycles. The fraction of sp³-hybridized carbons (Fsp3) is 0.238. The second-order valence-corrected chi connectivity index (χ2v) is 7.03. The van der Waals surface area contributed by atoms with Crippen LogP contribution in [-0.2, 0) is 0 Å². The van der Waals surface area contributed by atoms with Crippen LogP contribution in [0.15, 0.2) is 48.5 Å². The number of nitrogens with zero attached hydrogens (tertiary/aromatic N) is 3. The maximum absolute atomic E-state index is 12.7. The highest BCUT2D eigenvalue weighted by Crippen LogP contribution is 2.25. The molecule has 7 nitrogen and oxygen atoms in total. The Kier molecular flexibility index (Phi) is 5.26. The van der Waals surface area contributed by atoms with E-state index in [9.17, 15) is 14.9 Å². The van der Waals surface area contributed by atoms with Gasteiger partial charge in [0.05, 0.1) is 16.3 Å². The second-order valence-electron chi connectivity index (χ2n) is 7.03. The standard InChI is InChI=1S/C21H22N4O3/c1-13(2)22-21(26)20-12-19(16-9-8-14(3)15(4)10-16)23-24(20)17-6-5-7-18(11-17)25(27)28/h5-13H,1-4H3,(H,22,26). The minimum Gasteiger partial charge on any atom is -0.349 e. The van der Waals surface area contributed by atoms with Gasteiger partial charge in [0.25, 0.3) is 11.6 Å². The van der Waals surface area contributed by atoms with Crippen LogP contribution in [0.4, 0.5) is 5.69 Å². The fourth-order valence-corrected chi connectivity index (χ4v) is 2.86. The van der Waals surface area contributed by atoms with Crippen molar-refractivity contribution in [3.05, 3.63) is 75.5 Å². The van der Waals surface area contributed by atoms with Crippen molar-refractivity contribution in [2.45, 2.75) is 33.7 Å². The second kappa shape index (κ2) is 7.64. The number of nitrogens with one attached hydrogen (secondary N) is 1. The summed E-state index contributed by atoms with van der Waals surface area (Å²) in [7, 11) is 0. The van der Waals surface area contributed by atoms with Gasteiger partial charge < -0.3 is 5.32 Å². The van der Waals surface area contributed by atoms with Crippen LogP contribution in [0.5, 0.6) is 0 Å². The lowest BCUT2D eigenvalue weighted by molar-refractivity contribution is -0.384. The number of hydrogen-bond acceptors (Lipinski definition) is 4. The molecule has 3 aromatic rings. The third-order valence-corrected chi connectivity index (χ3v) is 4.45. The van der Waals surface area contributed by atoms with E-state index in [1.54, 1.807) is 18.2 Å². The summed E-state index contributed by atoms with van der Waals surface area (Å²) in [5.74, 6) is -0.288. The van der Waals surface area contributed by atoms with Crippen molar-refractivity contribution < 1.29 is 9.72 Å². The van der Waals surface area contributed by atoms with Crippen molar-refractivity contribution in [3.63, 3.8) is 0 Å². The van der Waals surface area contributed by atoms with Gasteiger partial charge in [0.2, 0.25) is 0 Å². The third kappa shape index (κ3) is 3.93. The van der Waals surface area contributed by atoms with Gasteiger partial charge in [0.15, 0.2) is 0 Å². The predicted octanol–water partition coefficient (Wildman–Crippen LogP) is 4.20. The Morgan fingerprint density at radius 1 is 1.11 bits per heavy atom. The smallest absolute Gasteiger partial charge is 0.271 e. The molecule has 0 aliphatic carbocycles. The molecule has 0 radical (unpaired) electrons. The molecule has 1 heterocycles. The minimum absolute atomic E-state index is 0.0500. The van der Waals surface area contributed by atoms with Crippen LogP contribution in [0.2, 0.25) is 0 Å². The highest BCUT2D eigenvalue weighted by Gasteiger charge is 2.19. The zero-order chi connectivity index (χ0) is 20.4. The Morgan fingerprint density at radius 3 is 2.50 bits per heavy atom. The van der Waals surface area contributed by atoms with Gasteiger partial charge in [-0.15, -0.1) is 0 Å². The lowest BCUT2D eigenvalue weighted by atomic mass is 10.0. The van der Waals surface area contributed by atoms with Gasteiger partial charge >= 0.3 is 0 Å². The number of nitro benzene ring substituents is 1. The maximum atomic E-state index is 12.7. The van der Waals surface area contributed by atoms with Crippen LogP contribution >= 0.6 is 0 Å². The number of amides is 1. The molecule has 0 unspecified atom stereocenters. The molecule has 1 N–H and O–H groups in total. The number of rotatable bonds is 5. The van der Waals surface area contributed by atoms with E-state index in [0.29, 0.717) is 17.1 Å². The van der Waals surface area contributed by atoms with Crippen molar-refractivity contribution in [1.82, 2.24) is 15.1 Å². The van der Waals surface area contributed by atoms with E-state index in [1.807, 2.05) is 45.9 Å². The molecule has 0 aliphatic rings. The topological polar surface area (TPSA) is 90.1 Å². The Hall–Kier alpha value is -3.48. The first-order valence-corrected chi connectivity index (χ1v) is 8.99. The number of carbonyl (C=O) groups excluding carboxylic acids is 1. The molecule has 0 bridgehead atoms. The maximum Gasteiger partial charge on any atom is 0.271 e. The first-order valence-electron chi connectivity index (χ1n) is 8.99. The van der Waals surface area contributed by atoms with Crippen molar-refractivity contribution in [2.24, 2.45) is 0 Å². The number of nitro groups is 1. The summed E-state index contributed by atoms with van der Waals surface area (Å²) in [4.78, 5) is 23.4. The zero-order valence-electron chi connectivity index (χ0n) is 16.3. The predicted molar refractivity (Wildman–Crippen MR) is 108 cm³/mol. The zero-order valence-corrected chi connectivity index (χ0v) is 16.3. The molecule has 0 atom stereocenters. The van der Waals surface area contributed by atoms with Crippen LogP contribution in [0.1, 0.15) is 35.5 Å². The summed E-state index contributed by atoms with van der Waals surface area (Å²) in [5, 5.41) is 18.6. The molecular weight excluding hydrogens is 356 g/mol. The van der Waals surface area contributed by atoms with Gasteiger partial charge in [0, 0.05) is 23.7 Å². The molecule has 0 saturated heterocycles. The molecule has 0 aliphatic heterocycles. The number of aryl methyl sites for hydroxylation is 2. The van der Waals surface area contributed by atoms with Crippen molar-refractivity contribution in [3.8, 4) is 16.9 Å². The van der Waals surface area contributed by atoms with Crippen LogP contribution in [-0.4, -0.2) is 26.7 Å². The van der Waals surface area contributed by atoms with Gasteiger partial charge in [-0.05, 0) is 57.0 Å². The summed E-state index contributed by atoms with van der Waals surface area (Å²) in [6.45, 7) is 7.79. The third-order valence-electron chi connectivity index (χ3n) is 4.45. The molecule has 28 heavy (non-hydrogen) atoms. The molecular formula is C21H22N4O3. The lowest BCUT2D eigenvalue weighted by Crippen LogP contribution is -2.31. The Morgan fingerprint density at radius 2 is 1.86 bits per heavy atom. The first kappa shape index (κ1) is 19.3. The summed E-state index contributed by atoms with van der Waals surface area (Å²) < 4.78 is 1.45. The van der Waals surface area contributed by atoms with Gasteiger partial charge in [-0.2, -0.15) is 5.10 Å². The molecule has 0 saturated carbocycles. The van der Waals surface area contributed by atoms with Crippen molar-refractivity contribution in [2.75, 3.05) is 0 Å². The van der Waals surface area contributed by atoms with Crippen LogP contribution in [0.3, 0.4) is 0 Å². The van der Waals surface area contributed by atoms with Crippen LogP contribution < -0.4 is 5.32 Å². The fourth-order valence-electron chi connectivity index (χ4n) is 2.86. The molecule has 144 valence electrons. The highest BCUT2D eigenvalue weighted by atomic mass is 16.6. The molecule has 0 fully saturated rings. The number of non-ortho nitro benzene ring substituents is 1. The molecule has 0 spiro atoms. The summed E-state index contributed by atoms with van der Waals surface area (Å²) >= 11 is 0. The van der Waals surface area contributed by atoms with E-state index in [4.69, 9.17) is 0 Å². The quantitative estimate of drug-likeness (QED) is 0.532. The highest BCUT2D eigenvalue weighted by molar-refractivity contribution is 5.94. The number of hydrogen-bond donors (Lipinski definition) is 1. The number of aromatic nitrogens is 2. The first-order chi connectivity index (χ1) is 13.3. The average molecular weight is 378 g/mol. The van der Waals surface area contributed by atoms with Gasteiger partial charge in [0.1, 0.15) is 5.69 Å². The Labute approximate surface area is 163 Å². The normalized spacial score (nSPS) is 10.9. The average Bonchev–Trinajstić information content (AvgIpc) is 3.09. The lowest BCUT2D eigenvalue weighted by Gasteiger charge is -2.10. The van der Waals surface area contributed by atoms with Gasteiger partial charge in [-0.1, -0.05) is 18.2 Å². The van der Waals surface area contributed by atoms with E-state index in [2.05, 4.69) is 10.4 Å². The van der Waals surface area contributed by atoms with Crippen LogP contribution in [0.25, 0.3) is 16.9 Å². The van der Waals surface area contributed by atoms with E-state index in [-0.39, 0.29) is 17.6 Å². The van der Waals surface area contributed by atoms with E-state index in [0.717, 1.165) is 11.1 Å². The van der Waals surface area contributed by atoms with Gasteiger partial charge in [-0.25, -0.2) is 4.68 Å². The molecule has 1 amide bonds. The Bertz CT molecular complexity index is 1050. The molecule has 7 heteroatoms. The van der Waals surface area contributed by atoms with E-state index in [1.165, 1.54) is 22.4 Å². The van der Waals surface area contributed by atoms with Crippen LogP contribution in [0, 0.1) is 24.0 Å². The van der Waals surface area contributed by atoms with Crippen molar-refractivity contribution in [1.29, 1.82) is 0 Å². The summed E-state index contributed by atoms with van der Waals surface area (Å²) in [6.07, 6.45) is 0. The van der Waals surface area contributed by atoms with Gasteiger partial charge in [-0.3, -0.25) is 14.9 Å². The Balaban J connectivity index is 2.15.